The van der Waals surface area contributed by atoms with Crippen LogP contribution in [0.2, 0.25) is 0 Å². The molecule has 0 radical (unpaired) electrons. The standard InChI is InChI=1S/C20H27N5O4S/c1-3-19(26)24-11-5-4-6-17(24)20-22-21-18-14-23(12-13-25(18)20)30(27,28)16-9-7-15(29-2)8-10-16/h7-10,17H,3-6,11-14H2,1-2H3. The Morgan fingerprint density at radius 2 is 1.90 bits per heavy atom. The molecule has 0 saturated carbocycles. The normalized spacial score (nSPS) is 20.1. The molecule has 10 heteroatoms. The molecule has 0 spiro atoms. The van der Waals surface area contributed by atoms with E-state index in [0.717, 1.165) is 31.6 Å². The predicted octanol–water partition coefficient (Wildman–Crippen LogP) is 1.95. The predicted molar refractivity (Wildman–Crippen MR) is 109 cm³/mol. The zero-order valence-corrected chi connectivity index (χ0v) is 18.1. The summed E-state index contributed by atoms with van der Waals surface area (Å²) in [6.07, 6.45) is 3.36. The molecule has 3 heterocycles. The second kappa shape index (κ2) is 8.35. The average molecular weight is 434 g/mol. The van der Waals surface area contributed by atoms with Gasteiger partial charge in [-0.1, -0.05) is 6.92 Å². The highest BCUT2D eigenvalue weighted by atomic mass is 32.2. The van der Waals surface area contributed by atoms with Gasteiger partial charge in [0.25, 0.3) is 0 Å². The average Bonchev–Trinajstić information content (AvgIpc) is 3.21. The number of ether oxygens (including phenoxy) is 1. The number of rotatable bonds is 5. The van der Waals surface area contributed by atoms with Crippen LogP contribution in [0.15, 0.2) is 29.2 Å². The number of nitrogens with zero attached hydrogens (tertiary/aromatic N) is 5. The minimum atomic E-state index is -3.64. The Balaban J connectivity index is 1.57. The van der Waals surface area contributed by atoms with Crippen LogP contribution in [0.3, 0.4) is 0 Å². The smallest absolute Gasteiger partial charge is 0.243 e. The number of carbonyl (C=O) groups excluding carboxylic acids is 1. The van der Waals surface area contributed by atoms with Gasteiger partial charge < -0.3 is 14.2 Å². The first kappa shape index (κ1) is 20.8. The number of carbonyl (C=O) groups is 1. The summed E-state index contributed by atoms with van der Waals surface area (Å²) in [6, 6.07) is 6.29. The largest absolute Gasteiger partial charge is 0.497 e. The molecule has 4 rings (SSSR count). The van der Waals surface area contributed by atoms with Crippen molar-refractivity contribution in [3.63, 3.8) is 0 Å². The number of sulfonamides is 1. The SMILES string of the molecule is CCC(=O)N1CCCCC1c1nnc2n1CCN(S(=O)(=O)c1ccc(OC)cc1)C2. The van der Waals surface area contributed by atoms with E-state index in [-0.39, 0.29) is 23.4 Å². The van der Waals surface area contributed by atoms with Crippen LogP contribution in [0.4, 0.5) is 0 Å². The lowest BCUT2D eigenvalue weighted by atomic mass is 10.0. The Kier molecular flexibility index (Phi) is 5.79. The van der Waals surface area contributed by atoms with Crippen molar-refractivity contribution in [3.8, 4) is 5.75 Å². The van der Waals surface area contributed by atoms with E-state index in [9.17, 15) is 13.2 Å². The van der Waals surface area contributed by atoms with E-state index in [1.807, 2.05) is 16.4 Å². The van der Waals surface area contributed by atoms with Crippen molar-refractivity contribution >= 4 is 15.9 Å². The molecule has 1 saturated heterocycles. The third kappa shape index (κ3) is 3.69. The van der Waals surface area contributed by atoms with E-state index in [2.05, 4.69) is 10.2 Å². The molecule has 30 heavy (non-hydrogen) atoms. The lowest BCUT2D eigenvalue weighted by Gasteiger charge is -2.36. The fourth-order valence-corrected chi connectivity index (χ4v) is 5.59. The van der Waals surface area contributed by atoms with Crippen LogP contribution in [-0.2, 0) is 27.9 Å². The molecular formula is C20H27N5O4S. The first-order chi connectivity index (χ1) is 14.5. The lowest BCUT2D eigenvalue weighted by Crippen LogP contribution is -2.42. The summed E-state index contributed by atoms with van der Waals surface area (Å²) < 4.78 is 34.7. The van der Waals surface area contributed by atoms with Gasteiger partial charge in [0.15, 0.2) is 5.82 Å². The van der Waals surface area contributed by atoms with Crippen LogP contribution in [0.5, 0.6) is 5.75 Å². The van der Waals surface area contributed by atoms with Gasteiger partial charge in [0.2, 0.25) is 15.9 Å². The molecule has 0 bridgehead atoms. The van der Waals surface area contributed by atoms with Crippen molar-refractivity contribution in [1.82, 2.24) is 24.0 Å². The molecule has 2 aliphatic rings. The van der Waals surface area contributed by atoms with Crippen molar-refractivity contribution in [1.29, 1.82) is 0 Å². The van der Waals surface area contributed by atoms with Gasteiger partial charge in [-0.2, -0.15) is 4.31 Å². The first-order valence-corrected chi connectivity index (χ1v) is 11.8. The van der Waals surface area contributed by atoms with Gasteiger partial charge in [-0.05, 0) is 43.5 Å². The Morgan fingerprint density at radius 3 is 2.60 bits per heavy atom. The Labute approximate surface area is 176 Å². The summed E-state index contributed by atoms with van der Waals surface area (Å²) in [6.45, 7) is 3.57. The molecule has 1 fully saturated rings. The van der Waals surface area contributed by atoms with Crippen molar-refractivity contribution in [2.75, 3.05) is 20.2 Å². The number of amides is 1. The zero-order valence-electron chi connectivity index (χ0n) is 17.3. The van der Waals surface area contributed by atoms with E-state index < -0.39 is 10.0 Å². The van der Waals surface area contributed by atoms with Crippen molar-refractivity contribution < 1.29 is 17.9 Å². The van der Waals surface area contributed by atoms with E-state index in [1.54, 1.807) is 31.4 Å². The third-order valence-electron chi connectivity index (χ3n) is 5.87. The third-order valence-corrected chi connectivity index (χ3v) is 7.73. The summed E-state index contributed by atoms with van der Waals surface area (Å²) in [5, 5.41) is 8.67. The number of hydrogen-bond acceptors (Lipinski definition) is 6. The monoisotopic (exact) mass is 433 g/mol. The van der Waals surface area contributed by atoms with E-state index in [4.69, 9.17) is 4.74 Å². The zero-order chi connectivity index (χ0) is 21.3. The maximum absolute atomic E-state index is 13.1. The molecule has 1 unspecified atom stereocenters. The summed E-state index contributed by atoms with van der Waals surface area (Å²) in [5.41, 5.74) is 0. The van der Waals surface area contributed by atoms with Crippen molar-refractivity contribution in [2.24, 2.45) is 0 Å². The van der Waals surface area contributed by atoms with Gasteiger partial charge in [0.05, 0.1) is 24.6 Å². The summed E-state index contributed by atoms with van der Waals surface area (Å²) in [4.78, 5) is 14.5. The highest BCUT2D eigenvalue weighted by Crippen LogP contribution is 2.32. The quantitative estimate of drug-likeness (QED) is 0.715. The first-order valence-electron chi connectivity index (χ1n) is 10.3. The van der Waals surface area contributed by atoms with Crippen molar-refractivity contribution in [3.05, 3.63) is 35.9 Å². The minimum absolute atomic E-state index is 0.0859. The van der Waals surface area contributed by atoms with Crippen LogP contribution in [0.1, 0.15) is 50.3 Å². The van der Waals surface area contributed by atoms with Crippen LogP contribution < -0.4 is 4.74 Å². The van der Waals surface area contributed by atoms with Crippen LogP contribution in [0, 0.1) is 0 Å². The second-order valence-electron chi connectivity index (χ2n) is 7.59. The molecule has 2 aliphatic heterocycles. The summed E-state index contributed by atoms with van der Waals surface area (Å²) in [5.74, 6) is 2.11. The van der Waals surface area contributed by atoms with E-state index in [0.29, 0.717) is 31.1 Å². The number of likely N-dealkylation sites (tertiary alicyclic amines) is 1. The van der Waals surface area contributed by atoms with E-state index >= 15 is 0 Å². The molecule has 2 aromatic rings. The number of hydrogen-bond donors (Lipinski definition) is 0. The lowest BCUT2D eigenvalue weighted by molar-refractivity contribution is -0.135. The second-order valence-corrected chi connectivity index (χ2v) is 9.53. The Morgan fingerprint density at radius 1 is 1.13 bits per heavy atom. The molecule has 1 atom stereocenters. The molecular weight excluding hydrogens is 406 g/mol. The fourth-order valence-electron chi connectivity index (χ4n) is 4.21. The van der Waals surface area contributed by atoms with Gasteiger partial charge in [-0.25, -0.2) is 8.42 Å². The molecule has 0 N–H and O–H groups in total. The van der Waals surface area contributed by atoms with Gasteiger partial charge in [-0.15, -0.1) is 10.2 Å². The van der Waals surface area contributed by atoms with Gasteiger partial charge in [0.1, 0.15) is 11.6 Å². The van der Waals surface area contributed by atoms with Crippen molar-refractivity contribution in [2.45, 2.75) is 56.6 Å². The van der Waals surface area contributed by atoms with E-state index in [1.165, 1.54) is 4.31 Å². The minimum Gasteiger partial charge on any atom is -0.497 e. The van der Waals surface area contributed by atoms with Crippen LogP contribution in [0.25, 0.3) is 0 Å². The Bertz CT molecular complexity index is 1020. The van der Waals surface area contributed by atoms with Crippen LogP contribution in [-0.4, -0.2) is 58.5 Å². The van der Waals surface area contributed by atoms with Gasteiger partial charge in [0, 0.05) is 26.1 Å². The molecule has 1 amide bonds. The molecule has 0 aliphatic carbocycles. The summed E-state index contributed by atoms with van der Waals surface area (Å²) in [7, 11) is -2.10. The topological polar surface area (TPSA) is 97.6 Å². The maximum Gasteiger partial charge on any atom is 0.243 e. The number of benzene rings is 1. The molecule has 9 nitrogen and oxygen atoms in total. The van der Waals surface area contributed by atoms with Gasteiger partial charge >= 0.3 is 0 Å². The number of piperidine rings is 1. The fraction of sp³-hybridized carbons (Fsp3) is 0.550. The number of methoxy groups -OCH3 is 1. The molecule has 1 aromatic carbocycles. The van der Waals surface area contributed by atoms with Crippen LogP contribution >= 0.6 is 0 Å². The number of aromatic nitrogens is 3. The highest BCUT2D eigenvalue weighted by molar-refractivity contribution is 7.89. The number of fused-ring (bicyclic) bond motifs is 1. The molecule has 162 valence electrons. The molecule has 1 aromatic heterocycles. The summed E-state index contributed by atoms with van der Waals surface area (Å²) >= 11 is 0. The van der Waals surface area contributed by atoms with Gasteiger partial charge in [-0.3, -0.25) is 4.79 Å². The maximum atomic E-state index is 13.1. The highest BCUT2D eigenvalue weighted by Gasteiger charge is 2.35. The Hall–Kier alpha value is -2.46.